The van der Waals surface area contributed by atoms with Gasteiger partial charge in [0.05, 0.1) is 6.04 Å². The smallest absolute Gasteiger partial charge is 0.277 e. The molecule has 1 saturated heterocycles. The van der Waals surface area contributed by atoms with Crippen LogP contribution in [0.25, 0.3) is 0 Å². The van der Waals surface area contributed by atoms with Crippen LogP contribution >= 0.6 is 0 Å². The molecule has 2 aliphatic heterocycles. The number of fused-ring (bicyclic) bond motifs is 3. The third kappa shape index (κ3) is 4.45. The number of hydrogen-bond acceptors (Lipinski definition) is 4. The van der Waals surface area contributed by atoms with Crippen molar-refractivity contribution in [2.24, 2.45) is 0 Å². The van der Waals surface area contributed by atoms with Crippen LogP contribution < -0.4 is 15.2 Å². The van der Waals surface area contributed by atoms with Crippen LogP contribution in [0.3, 0.4) is 0 Å². The molecule has 2 atom stereocenters. The topological polar surface area (TPSA) is 54.8 Å². The molecule has 6 nitrogen and oxygen atoms in total. The van der Waals surface area contributed by atoms with Gasteiger partial charge in [-0.2, -0.15) is 0 Å². The van der Waals surface area contributed by atoms with Crippen LogP contribution in [0, 0.1) is 0 Å². The zero-order chi connectivity index (χ0) is 24.1. The number of hydrogen-bond donors (Lipinski definition) is 0. The maximum atomic E-state index is 13.5. The van der Waals surface area contributed by atoms with Crippen molar-refractivity contribution in [3.05, 3.63) is 100.0 Å². The van der Waals surface area contributed by atoms with E-state index in [9.17, 15) is 9.59 Å². The number of rotatable bonds is 4. The van der Waals surface area contributed by atoms with E-state index in [2.05, 4.69) is 29.3 Å². The Balaban J connectivity index is 0.00000133. The Bertz CT molecular complexity index is 1160. The number of carbonyl (C=O) groups is 1. The molecule has 6 heteroatoms. The van der Waals surface area contributed by atoms with E-state index in [0.29, 0.717) is 5.69 Å². The first-order chi connectivity index (χ1) is 16.6. The van der Waals surface area contributed by atoms with Gasteiger partial charge in [-0.25, -0.2) is 0 Å². The van der Waals surface area contributed by atoms with Crippen molar-refractivity contribution in [3.8, 4) is 5.75 Å². The molecule has 0 aliphatic carbocycles. The van der Waals surface area contributed by atoms with Crippen molar-refractivity contribution in [1.82, 2.24) is 9.58 Å². The normalized spacial score (nSPS) is 19.3. The van der Waals surface area contributed by atoms with E-state index < -0.39 is 0 Å². The maximum Gasteiger partial charge on any atom is 0.277 e. The second-order valence-electron chi connectivity index (χ2n) is 8.46. The fourth-order valence-corrected chi connectivity index (χ4v) is 4.86. The number of benzene rings is 2. The molecule has 2 aromatic carbocycles. The van der Waals surface area contributed by atoms with E-state index in [-0.39, 0.29) is 35.9 Å². The summed E-state index contributed by atoms with van der Waals surface area (Å²) in [5.74, 6) is -0.0663. The van der Waals surface area contributed by atoms with Gasteiger partial charge in [0.1, 0.15) is 12.8 Å². The molecule has 0 saturated carbocycles. The van der Waals surface area contributed by atoms with E-state index >= 15 is 0 Å². The van der Waals surface area contributed by atoms with Gasteiger partial charge in [-0.15, -0.1) is 0 Å². The monoisotopic (exact) mass is 459 g/mol. The Kier molecular flexibility index (Phi) is 7.36. The largest absolute Gasteiger partial charge is 0.482 e. The molecule has 3 aromatic rings. The van der Waals surface area contributed by atoms with E-state index in [4.69, 9.17) is 4.74 Å². The van der Waals surface area contributed by atoms with Crippen LogP contribution in [0.15, 0.2) is 77.7 Å². The Labute approximate surface area is 201 Å². The molecular formula is C28H33N3O3. The molecule has 0 bridgehead atoms. The molecule has 0 N–H and O–H groups in total. The first kappa shape index (κ1) is 23.6. The Morgan fingerprint density at radius 2 is 1.53 bits per heavy atom. The molecule has 178 valence electrons. The van der Waals surface area contributed by atoms with Crippen LogP contribution in [-0.2, 0) is 6.61 Å². The molecule has 2 unspecified atom stereocenters. The highest BCUT2D eigenvalue weighted by Gasteiger charge is 2.42. The van der Waals surface area contributed by atoms with Crippen LogP contribution in [0.5, 0.6) is 5.75 Å². The Morgan fingerprint density at radius 3 is 2.24 bits per heavy atom. The Morgan fingerprint density at radius 1 is 0.882 bits per heavy atom. The number of amides is 1. The van der Waals surface area contributed by atoms with Crippen LogP contribution in [0.4, 0.5) is 0 Å². The summed E-state index contributed by atoms with van der Waals surface area (Å²) >= 11 is 0. The molecule has 1 fully saturated rings. The quantitative estimate of drug-likeness (QED) is 0.544. The van der Waals surface area contributed by atoms with Gasteiger partial charge in [0, 0.05) is 19.3 Å². The van der Waals surface area contributed by atoms with Gasteiger partial charge in [0.25, 0.3) is 5.91 Å². The SMILES string of the molecule is CC.CN1C(=O)c2c(OCc3ccccc3)c(=O)ccn2N2C(c3ccccc3)CCCCC12. The third-order valence-corrected chi connectivity index (χ3v) is 6.48. The van der Waals surface area contributed by atoms with Crippen molar-refractivity contribution < 1.29 is 9.53 Å². The van der Waals surface area contributed by atoms with Crippen LogP contribution in [0.1, 0.15) is 67.2 Å². The number of aromatic nitrogens is 1. The minimum absolute atomic E-state index is 0.0767. The fourth-order valence-electron chi connectivity index (χ4n) is 4.86. The van der Waals surface area contributed by atoms with Crippen molar-refractivity contribution in [1.29, 1.82) is 0 Å². The maximum absolute atomic E-state index is 13.5. The molecule has 5 rings (SSSR count). The van der Waals surface area contributed by atoms with E-state index in [0.717, 1.165) is 31.2 Å². The first-order valence-electron chi connectivity index (χ1n) is 12.2. The van der Waals surface area contributed by atoms with Crippen LogP contribution in [0.2, 0.25) is 0 Å². The highest BCUT2D eigenvalue weighted by atomic mass is 16.5. The predicted molar refractivity (Wildman–Crippen MR) is 135 cm³/mol. The van der Waals surface area contributed by atoms with Gasteiger partial charge < -0.3 is 9.64 Å². The molecule has 0 spiro atoms. The minimum Gasteiger partial charge on any atom is -0.482 e. The number of pyridine rings is 1. The lowest BCUT2D eigenvalue weighted by atomic mass is 10.0. The summed E-state index contributed by atoms with van der Waals surface area (Å²) in [6.07, 6.45) is 5.65. The first-order valence-corrected chi connectivity index (χ1v) is 12.2. The van der Waals surface area contributed by atoms with Gasteiger partial charge in [-0.1, -0.05) is 80.9 Å². The molecule has 2 aliphatic rings. The molecule has 0 radical (unpaired) electrons. The summed E-state index contributed by atoms with van der Waals surface area (Å²) < 4.78 is 7.86. The molecule has 1 aromatic heterocycles. The predicted octanol–water partition coefficient (Wildman–Crippen LogP) is 5.12. The van der Waals surface area contributed by atoms with Crippen molar-refractivity contribution in [2.45, 2.75) is 58.3 Å². The van der Waals surface area contributed by atoms with Gasteiger partial charge in [-0.05, 0) is 30.4 Å². The average Bonchev–Trinajstić information content (AvgIpc) is 3.12. The van der Waals surface area contributed by atoms with E-state index in [1.165, 1.54) is 11.6 Å². The Hall–Kier alpha value is -3.54. The number of ether oxygens (including phenoxy) is 1. The van der Waals surface area contributed by atoms with E-state index in [1.54, 1.807) is 11.1 Å². The molecular weight excluding hydrogens is 426 g/mol. The number of nitrogens with zero attached hydrogens (tertiary/aromatic N) is 3. The zero-order valence-electron chi connectivity index (χ0n) is 20.2. The van der Waals surface area contributed by atoms with Crippen molar-refractivity contribution >= 4 is 5.91 Å². The second kappa shape index (κ2) is 10.6. The van der Waals surface area contributed by atoms with Gasteiger partial charge in [0.2, 0.25) is 5.43 Å². The lowest BCUT2D eigenvalue weighted by molar-refractivity contribution is 0.0604. The fraction of sp³-hybridized carbons (Fsp3) is 0.357. The second-order valence-corrected chi connectivity index (χ2v) is 8.46. The third-order valence-electron chi connectivity index (χ3n) is 6.48. The summed E-state index contributed by atoms with van der Waals surface area (Å²) in [5.41, 5.74) is 2.17. The number of carbonyl (C=O) groups excluding carboxylic acids is 1. The van der Waals surface area contributed by atoms with Gasteiger partial charge >= 0.3 is 0 Å². The minimum atomic E-state index is -0.279. The lowest BCUT2D eigenvalue weighted by Crippen LogP contribution is -2.60. The van der Waals surface area contributed by atoms with Crippen molar-refractivity contribution in [3.63, 3.8) is 0 Å². The molecule has 3 heterocycles. The summed E-state index contributed by atoms with van der Waals surface area (Å²) in [4.78, 5) is 28.1. The summed E-state index contributed by atoms with van der Waals surface area (Å²) in [5, 5.41) is 2.26. The average molecular weight is 460 g/mol. The summed E-state index contributed by atoms with van der Waals surface area (Å²) in [6.45, 7) is 4.23. The van der Waals surface area contributed by atoms with E-state index in [1.807, 2.05) is 62.0 Å². The highest BCUT2D eigenvalue weighted by molar-refractivity contribution is 5.96. The van der Waals surface area contributed by atoms with Gasteiger partial charge in [0.15, 0.2) is 11.4 Å². The molecule has 34 heavy (non-hydrogen) atoms. The lowest BCUT2D eigenvalue weighted by Gasteiger charge is -2.48. The highest BCUT2D eigenvalue weighted by Crippen LogP contribution is 2.37. The standard InChI is InChI=1S/C26H27N3O3.C2H6/c1-27-23-15-9-8-14-21(20-12-6-3-7-13-20)29(23)28-17-16-22(30)25(24(28)26(27)31)32-18-19-10-4-2-5-11-19;1-2/h2-7,10-13,16-17,21,23H,8-9,14-15,18H2,1H3;1-2H3. The summed E-state index contributed by atoms with van der Waals surface area (Å²) in [6, 6.07) is 21.7. The van der Waals surface area contributed by atoms with Crippen LogP contribution in [-0.4, -0.2) is 28.7 Å². The summed E-state index contributed by atoms with van der Waals surface area (Å²) in [7, 11) is 1.83. The zero-order valence-corrected chi connectivity index (χ0v) is 20.2. The molecule has 1 amide bonds. The van der Waals surface area contributed by atoms with Crippen molar-refractivity contribution in [2.75, 3.05) is 12.1 Å². The van der Waals surface area contributed by atoms with Gasteiger partial charge in [-0.3, -0.25) is 19.3 Å².